The van der Waals surface area contributed by atoms with Crippen molar-refractivity contribution in [2.45, 2.75) is 13.1 Å². The molecule has 1 aromatic heterocycles. The van der Waals surface area contributed by atoms with E-state index in [0.29, 0.717) is 18.9 Å². The fourth-order valence-electron chi connectivity index (χ4n) is 4.29. The fraction of sp³-hybridized carbons (Fsp3) is 0.192. The van der Waals surface area contributed by atoms with Gasteiger partial charge >= 0.3 is 5.63 Å². The van der Waals surface area contributed by atoms with Gasteiger partial charge in [0.1, 0.15) is 30.3 Å². The summed E-state index contributed by atoms with van der Waals surface area (Å²) in [6, 6.07) is 21.1. The molecule has 0 fully saturated rings. The molecule has 0 bridgehead atoms. The maximum Gasteiger partial charge on any atom is 0.336 e. The second-order valence-corrected chi connectivity index (χ2v) is 7.83. The Morgan fingerprint density at radius 3 is 2.56 bits per heavy atom. The predicted molar refractivity (Wildman–Crippen MR) is 121 cm³/mol. The Hall–Kier alpha value is -3.77. The van der Waals surface area contributed by atoms with Crippen molar-refractivity contribution < 1.29 is 23.5 Å². The van der Waals surface area contributed by atoms with Crippen LogP contribution in [0.3, 0.4) is 0 Å². The van der Waals surface area contributed by atoms with Crippen LogP contribution < -0.4 is 24.7 Å². The van der Waals surface area contributed by atoms with Crippen LogP contribution >= 0.6 is 0 Å². The number of quaternary nitrogens is 1. The van der Waals surface area contributed by atoms with Crippen molar-refractivity contribution in [3.8, 4) is 28.4 Å². The van der Waals surface area contributed by atoms with Crippen molar-refractivity contribution in [3.63, 3.8) is 0 Å². The first-order valence-corrected chi connectivity index (χ1v) is 10.5. The first kappa shape index (κ1) is 20.2. The Morgan fingerprint density at radius 1 is 0.969 bits per heavy atom. The Labute approximate surface area is 185 Å². The third kappa shape index (κ3) is 3.69. The molecule has 2 heterocycles. The molecule has 4 aromatic rings. The number of methoxy groups -OCH3 is 2. The van der Waals surface area contributed by atoms with Crippen molar-refractivity contribution in [1.29, 1.82) is 0 Å². The van der Waals surface area contributed by atoms with E-state index in [2.05, 4.69) is 6.07 Å². The van der Waals surface area contributed by atoms with E-state index >= 15 is 0 Å². The molecular weight excluding hydrogens is 406 g/mol. The first-order chi connectivity index (χ1) is 15.7. The summed E-state index contributed by atoms with van der Waals surface area (Å²) in [7, 11) is 3.31. The molecule has 1 N–H and O–H groups in total. The number of fused-ring (bicyclic) bond motifs is 3. The maximum atomic E-state index is 12.5. The van der Waals surface area contributed by atoms with Crippen molar-refractivity contribution in [3.05, 3.63) is 88.3 Å². The molecule has 1 aliphatic heterocycles. The smallest absolute Gasteiger partial charge is 0.336 e. The summed E-state index contributed by atoms with van der Waals surface area (Å²) in [4.78, 5) is 13.7. The van der Waals surface area contributed by atoms with Crippen molar-refractivity contribution >= 4 is 11.0 Å². The van der Waals surface area contributed by atoms with Gasteiger partial charge in [-0.1, -0.05) is 24.3 Å². The zero-order chi connectivity index (χ0) is 22.1. The van der Waals surface area contributed by atoms with E-state index in [0.717, 1.165) is 51.4 Å². The molecule has 1 unspecified atom stereocenters. The van der Waals surface area contributed by atoms with Crippen LogP contribution in [0.1, 0.15) is 11.1 Å². The lowest BCUT2D eigenvalue weighted by molar-refractivity contribution is -0.945. The SMILES string of the molecule is COc1ccc(-c2cc(=O)oc3c4c(ccc23)OC[NH+](Cc2ccccc2OC)C4)cc1. The Kier molecular flexibility index (Phi) is 5.29. The van der Waals surface area contributed by atoms with E-state index < -0.39 is 0 Å². The van der Waals surface area contributed by atoms with Crippen LogP contribution in [0.5, 0.6) is 17.2 Å². The minimum atomic E-state index is -0.381. The second kappa shape index (κ2) is 8.40. The number of benzene rings is 3. The van der Waals surface area contributed by atoms with Crippen LogP contribution in [0, 0.1) is 0 Å². The lowest BCUT2D eigenvalue weighted by Crippen LogP contribution is -3.10. The topological polar surface area (TPSA) is 62.3 Å². The average Bonchev–Trinajstić information content (AvgIpc) is 2.84. The highest BCUT2D eigenvalue weighted by Gasteiger charge is 2.26. The molecule has 5 rings (SSSR count). The van der Waals surface area contributed by atoms with Gasteiger partial charge in [0.05, 0.1) is 19.8 Å². The van der Waals surface area contributed by atoms with E-state index in [1.165, 1.54) is 4.90 Å². The van der Waals surface area contributed by atoms with Gasteiger partial charge in [-0.05, 0) is 47.5 Å². The average molecular weight is 430 g/mol. The Morgan fingerprint density at radius 2 is 1.78 bits per heavy atom. The minimum Gasteiger partial charge on any atom is -0.497 e. The van der Waals surface area contributed by atoms with Crippen molar-refractivity contribution in [2.24, 2.45) is 0 Å². The first-order valence-electron chi connectivity index (χ1n) is 10.5. The van der Waals surface area contributed by atoms with Gasteiger partial charge in [0.25, 0.3) is 0 Å². The van der Waals surface area contributed by atoms with Gasteiger partial charge < -0.3 is 18.6 Å². The molecule has 32 heavy (non-hydrogen) atoms. The zero-order valence-corrected chi connectivity index (χ0v) is 18.0. The number of ether oxygens (including phenoxy) is 3. The fourth-order valence-corrected chi connectivity index (χ4v) is 4.29. The number of rotatable bonds is 5. The highest BCUT2D eigenvalue weighted by atomic mass is 16.5. The van der Waals surface area contributed by atoms with Crippen LogP contribution in [0.15, 0.2) is 75.9 Å². The molecule has 0 radical (unpaired) electrons. The summed E-state index contributed by atoms with van der Waals surface area (Å²) in [5.41, 5.74) is 3.98. The Bertz CT molecular complexity index is 1330. The van der Waals surface area contributed by atoms with Gasteiger partial charge in [-0.2, -0.15) is 0 Å². The molecule has 0 amide bonds. The van der Waals surface area contributed by atoms with E-state index in [1.807, 2.05) is 54.6 Å². The van der Waals surface area contributed by atoms with Gasteiger partial charge in [0.15, 0.2) is 5.58 Å². The molecule has 1 atom stereocenters. The van der Waals surface area contributed by atoms with E-state index in [4.69, 9.17) is 18.6 Å². The summed E-state index contributed by atoms with van der Waals surface area (Å²) >= 11 is 0. The Balaban J connectivity index is 1.55. The molecule has 0 aliphatic carbocycles. The number of hydrogen-bond acceptors (Lipinski definition) is 5. The van der Waals surface area contributed by atoms with Gasteiger partial charge in [0, 0.05) is 17.0 Å². The van der Waals surface area contributed by atoms with Crippen LogP contribution in [-0.2, 0) is 13.1 Å². The van der Waals surface area contributed by atoms with Crippen LogP contribution in [0.25, 0.3) is 22.1 Å². The van der Waals surface area contributed by atoms with Crippen LogP contribution in [0.4, 0.5) is 0 Å². The molecule has 162 valence electrons. The van der Waals surface area contributed by atoms with Crippen molar-refractivity contribution in [2.75, 3.05) is 21.0 Å². The molecule has 0 saturated carbocycles. The summed E-state index contributed by atoms with van der Waals surface area (Å²) in [6.07, 6.45) is 0. The summed E-state index contributed by atoms with van der Waals surface area (Å²) < 4.78 is 22.5. The number of hydrogen-bond donors (Lipinski definition) is 1. The lowest BCUT2D eigenvalue weighted by atomic mass is 9.99. The van der Waals surface area contributed by atoms with Crippen LogP contribution in [0.2, 0.25) is 0 Å². The van der Waals surface area contributed by atoms with Gasteiger partial charge in [-0.15, -0.1) is 0 Å². The number of para-hydroxylation sites is 1. The molecule has 6 nitrogen and oxygen atoms in total. The van der Waals surface area contributed by atoms with Crippen LogP contribution in [-0.4, -0.2) is 21.0 Å². The van der Waals surface area contributed by atoms with E-state index in [1.54, 1.807) is 20.3 Å². The summed E-state index contributed by atoms with van der Waals surface area (Å²) in [5.74, 6) is 2.38. The molecule has 3 aromatic carbocycles. The highest BCUT2D eigenvalue weighted by Crippen LogP contribution is 2.34. The number of nitrogens with one attached hydrogen (secondary N) is 1. The molecule has 0 saturated heterocycles. The van der Waals surface area contributed by atoms with Crippen molar-refractivity contribution in [1.82, 2.24) is 0 Å². The minimum absolute atomic E-state index is 0.381. The van der Waals surface area contributed by atoms with E-state index in [9.17, 15) is 4.79 Å². The largest absolute Gasteiger partial charge is 0.497 e. The molecular formula is C26H24NO5+. The second-order valence-electron chi connectivity index (χ2n) is 7.83. The molecule has 0 spiro atoms. The van der Waals surface area contributed by atoms with Gasteiger partial charge in [-0.25, -0.2) is 4.79 Å². The van der Waals surface area contributed by atoms with Gasteiger partial charge in [0.2, 0.25) is 6.73 Å². The summed E-state index contributed by atoms with van der Waals surface area (Å²) in [6.45, 7) is 1.95. The zero-order valence-electron chi connectivity index (χ0n) is 18.0. The molecule has 6 heteroatoms. The monoisotopic (exact) mass is 430 g/mol. The third-order valence-corrected chi connectivity index (χ3v) is 5.87. The third-order valence-electron chi connectivity index (χ3n) is 5.87. The predicted octanol–water partition coefficient (Wildman–Crippen LogP) is 3.41. The maximum absolute atomic E-state index is 12.5. The standard InChI is InChI=1S/C26H23NO5/c1-29-19-9-7-17(8-10-19)21-13-25(28)32-26-20(21)11-12-24-22(26)15-27(16-31-24)14-18-5-3-4-6-23(18)30-2/h3-13H,14-16H2,1-2H3/p+1. The van der Waals surface area contributed by atoms with E-state index in [-0.39, 0.29) is 5.63 Å². The summed E-state index contributed by atoms with van der Waals surface area (Å²) in [5, 5.41) is 0.885. The van der Waals surface area contributed by atoms with Gasteiger partial charge in [-0.3, -0.25) is 4.90 Å². The molecule has 1 aliphatic rings. The quantitative estimate of drug-likeness (QED) is 0.492. The highest BCUT2D eigenvalue weighted by molar-refractivity contribution is 5.95. The normalized spacial score (nSPS) is 15.1. The lowest BCUT2D eigenvalue weighted by Gasteiger charge is -2.27.